The minimum atomic E-state index is 0.589. The fourth-order valence-electron chi connectivity index (χ4n) is 3.81. The molecule has 140 valence electrons. The molecule has 5 rings (SSSR count). The van der Waals surface area contributed by atoms with Crippen molar-refractivity contribution < 1.29 is 0 Å². The second kappa shape index (κ2) is 6.71. The first-order chi connectivity index (χ1) is 13.2. The summed E-state index contributed by atoms with van der Waals surface area (Å²) in [6.07, 6.45) is 7.15. The first kappa shape index (κ1) is 16.9. The van der Waals surface area contributed by atoms with Gasteiger partial charge in [0.05, 0.1) is 10.9 Å². The monoisotopic (exact) mass is 380 g/mol. The van der Waals surface area contributed by atoms with Crippen LogP contribution in [0, 0.1) is 6.92 Å². The number of thiazole rings is 1. The van der Waals surface area contributed by atoms with Crippen molar-refractivity contribution in [1.29, 1.82) is 0 Å². The van der Waals surface area contributed by atoms with E-state index < -0.39 is 0 Å². The van der Waals surface area contributed by atoms with Crippen LogP contribution >= 0.6 is 11.3 Å². The van der Waals surface area contributed by atoms with Gasteiger partial charge in [-0.05, 0) is 32.3 Å². The van der Waals surface area contributed by atoms with Crippen LogP contribution in [-0.4, -0.2) is 46.1 Å². The van der Waals surface area contributed by atoms with Crippen LogP contribution in [0.25, 0.3) is 10.2 Å². The molecule has 1 saturated heterocycles. The van der Waals surface area contributed by atoms with Gasteiger partial charge in [0.15, 0.2) is 5.13 Å². The van der Waals surface area contributed by atoms with Crippen molar-refractivity contribution in [2.24, 2.45) is 0 Å². The Labute approximate surface area is 163 Å². The summed E-state index contributed by atoms with van der Waals surface area (Å²) < 4.78 is 1.20. The Kier molecular flexibility index (Phi) is 4.19. The van der Waals surface area contributed by atoms with E-state index in [1.54, 1.807) is 11.3 Å². The molecule has 2 aliphatic rings. The Morgan fingerprint density at radius 2 is 1.85 bits per heavy atom. The maximum absolute atomic E-state index is 5.00. The second-order valence-corrected chi connectivity index (χ2v) is 8.42. The summed E-state index contributed by atoms with van der Waals surface area (Å²) >= 11 is 1.76. The van der Waals surface area contributed by atoms with Gasteiger partial charge in [0.2, 0.25) is 0 Å². The molecule has 0 N–H and O–H groups in total. The van der Waals surface area contributed by atoms with Gasteiger partial charge in [0.1, 0.15) is 17.2 Å². The number of fused-ring (bicyclic) bond motifs is 1. The van der Waals surface area contributed by atoms with Gasteiger partial charge in [0.25, 0.3) is 0 Å². The van der Waals surface area contributed by atoms with E-state index in [4.69, 9.17) is 15.0 Å². The van der Waals surface area contributed by atoms with Crippen LogP contribution in [0.4, 0.5) is 10.9 Å². The van der Waals surface area contributed by atoms with E-state index in [0.717, 1.165) is 54.8 Å². The van der Waals surface area contributed by atoms with Gasteiger partial charge < -0.3 is 9.80 Å². The number of aromatic nitrogens is 4. The van der Waals surface area contributed by atoms with Crippen LogP contribution in [0.1, 0.15) is 42.8 Å². The standard InChI is InChI=1S/C20H24N6S/c1-3-15-13(2)22-18(14-4-5-14)24-19(15)25-8-10-26(11-9-25)20-23-16-12-21-7-6-17(16)27-20/h6-7,12,14H,3-5,8-11H2,1-2H3. The third kappa shape index (κ3) is 3.14. The minimum absolute atomic E-state index is 0.589. The summed E-state index contributed by atoms with van der Waals surface area (Å²) in [5.74, 6) is 2.81. The highest BCUT2D eigenvalue weighted by molar-refractivity contribution is 7.22. The number of anilines is 2. The zero-order valence-corrected chi connectivity index (χ0v) is 16.7. The van der Waals surface area contributed by atoms with Gasteiger partial charge in [-0.3, -0.25) is 4.98 Å². The zero-order chi connectivity index (χ0) is 18.4. The minimum Gasteiger partial charge on any atom is -0.353 e. The lowest BCUT2D eigenvalue weighted by Gasteiger charge is -2.36. The van der Waals surface area contributed by atoms with E-state index >= 15 is 0 Å². The molecule has 0 aromatic carbocycles. The number of aryl methyl sites for hydroxylation is 1. The number of nitrogens with zero attached hydrogens (tertiary/aromatic N) is 6. The highest BCUT2D eigenvalue weighted by atomic mass is 32.1. The van der Waals surface area contributed by atoms with Gasteiger partial charge >= 0.3 is 0 Å². The van der Waals surface area contributed by atoms with E-state index in [0.29, 0.717) is 5.92 Å². The third-order valence-corrected chi connectivity index (χ3v) is 6.63. The number of hydrogen-bond acceptors (Lipinski definition) is 7. The fourth-order valence-corrected chi connectivity index (χ4v) is 4.80. The quantitative estimate of drug-likeness (QED) is 0.690. The zero-order valence-electron chi connectivity index (χ0n) is 15.9. The number of hydrogen-bond donors (Lipinski definition) is 0. The molecule has 2 fully saturated rings. The molecule has 1 saturated carbocycles. The lowest BCUT2D eigenvalue weighted by atomic mass is 10.1. The summed E-state index contributed by atoms with van der Waals surface area (Å²) in [6.45, 7) is 8.23. The Morgan fingerprint density at radius 1 is 1.07 bits per heavy atom. The third-order valence-electron chi connectivity index (χ3n) is 5.53. The number of rotatable bonds is 4. The molecule has 4 heterocycles. The average molecular weight is 381 g/mol. The molecule has 27 heavy (non-hydrogen) atoms. The molecule has 0 spiro atoms. The van der Waals surface area contributed by atoms with E-state index in [2.05, 4.69) is 28.6 Å². The number of piperazine rings is 1. The van der Waals surface area contributed by atoms with E-state index in [1.807, 2.05) is 18.5 Å². The van der Waals surface area contributed by atoms with E-state index in [9.17, 15) is 0 Å². The highest BCUT2D eigenvalue weighted by Gasteiger charge is 2.30. The Morgan fingerprint density at radius 3 is 2.56 bits per heavy atom. The molecule has 0 unspecified atom stereocenters. The Balaban J connectivity index is 1.37. The van der Waals surface area contributed by atoms with Crippen LogP contribution in [0.5, 0.6) is 0 Å². The Bertz CT molecular complexity index is 939. The van der Waals surface area contributed by atoms with Gasteiger partial charge in [-0.15, -0.1) is 0 Å². The summed E-state index contributed by atoms with van der Waals surface area (Å²) in [5.41, 5.74) is 3.46. The van der Waals surface area contributed by atoms with Crippen LogP contribution in [-0.2, 0) is 6.42 Å². The van der Waals surface area contributed by atoms with E-state index in [-0.39, 0.29) is 0 Å². The summed E-state index contributed by atoms with van der Waals surface area (Å²) in [5, 5.41) is 1.10. The van der Waals surface area contributed by atoms with Gasteiger partial charge in [-0.1, -0.05) is 18.3 Å². The molecule has 0 radical (unpaired) electrons. The maximum atomic E-state index is 5.00. The smallest absolute Gasteiger partial charge is 0.186 e. The van der Waals surface area contributed by atoms with Crippen molar-refractivity contribution in [3.8, 4) is 0 Å². The molecular weight excluding hydrogens is 356 g/mol. The first-order valence-corrected chi connectivity index (χ1v) is 10.6. The molecule has 3 aromatic heterocycles. The van der Waals surface area contributed by atoms with Crippen molar-refractivity contribution >= 4 is 32.5 Å². The molecule has 0 amide bonds. The topological polar surface area (TPSA) is 58.0 Å². The molecule has 1 aliphatic carbocycles. The van der Waals surface area contributed by atoms with Crippen LogP contribution in [0.3, 0.4) is 0 Å². The van der Waals surface area contributed by atoms with Crippen LogP contribution in [0.2, 0.25) is 0 Å². The lowest BCUT2D eigenvalue weighted by molar-refractivity contribution is 0.639. The predicted octanol–water partition coefficient (Wildman–Crippen LogP) is 3.56. The molecule has 3 aromatic rings. The van der Waals surface area contributed by atoms with Crippen molar-refractivity contribution in [2.75, 3.05) is 36.0 Å². The van der Waals surface area contributed by atoms with Crippen molar-refractivity contribution in [3.63, 3.8) is 0 Å². The maximum Gasteiger partial charge on any atom is 0.186 e. The summed E-state index contributed by atoms with van der Waals surface area (Å²) in [6, 6.07) is 2.04. The Hall–Kier alpha value is -2.28. The summed E-state index contributed by atoms with van der Waals surface area (Å²) in [7, 11) is 0. The predicted molar refractivity (Wildman–Crippen MR) is 110 cm³/mol. The lowest BCUT2D eigenvalue weighted by Crippen LogP contribution is -2.47. The second-order valence-electron chi connectivity index (χ2n) is 7.41. The van der Waals surface area contributed by atoms with Gasteiger partial charge in [0, 0.05) is 49.6 Å². The molecule has 1 aliphatic heterocycles. The largest absolute Gasteiger partial charge is 0.353 e. The van der Waals surface area contributed by atoms with E-state index in [1.165, 1.54) is 28.9 Å². The molecule has 0 atom stereocenters. The highest BCUT2D eigenvalue weighted by Crippen LogP contribution is 2.39. The van der Waals surface area contributed by atoms with Crippen molar-refractivity contribution in [1.82, 2.24) is 19.9 Å². The van der Waals surface area contributed by atoms with Crippen LogP contribution < -0.4 is 9.80 Å². The number of pyridine rings is 1. The van der Waals surface area contributed by atoms with Crippen LogP contribution in [0.15, 0.2) is 18.5 Å². The first-order valence-electron chi connectivity index (χ1n) is 9.80. The van der Waals surface area contributed by atoms with Crippen molar-refractivity contribution in [3.05, 3.63) is 35.5 Å². The molecule has 6 nitrogen and oxygen atoms in total. The SMILES string of the molecule is CCc1c(C)nc(C2CC2)nc1N1CCN(c2nc3cnccc3s2)CC1. The summed E-state index contributed by atoms with van der Waals surface area (Å²) in [4.78, 5) is 23.6. The average Bonchev–Trinajstić information content (AvgIpc) is 3.46. The van der Waals surface area contributed by atoms with Crippen molar-refractivity contribution in [2.45, 2.75) is 39.0 Å². The van der Waals surface area contributed by atoms with Gasteiger partial charge in [-0.25, -0.2) is 15.0 Å². The normalized spacial score (nSPS) is 17.7. The molecule has 0 bridgehead atoms. The fraction of sp³-hybridized carbons (Fsp3) is 0.500. The van der Waals surface area contributed by atoms with Gasteiger partial charge in [-0.2, -0.15) is 0 Å². The molecular formula is C20H24N6S. The molecule has 7 heteroatoms.